The van der Waals surface area contributed by atoms with Gasteiger partial charge in [-0.15, -0.1) is 0 Å². The Hall–Kier alpha value is -2.09. The third-order valence-corrected chi connectivity index (χ3v) is 4.24. The van der Waals surface area contributed by atoms with Gasteiger partial charge in [-0.3, -0.25) is 14.5 Å². The standard InChI is InChI=1S/C16H29N7O/c1-6-17-16(18-9-13(2)20(3)4)22-7-8-23(15(24)12-22)14-10-19-21(5)11-14/h10-11,13H,6-9,12H2,1-5H3,(H,17,18). The number of aryl methyl sites for hydroxylation is 1. The number of nitrogens with zero attached hydrogens (tertiary/aromatic N) is 6. The molecule has 0 aromatic carbocycles. The Labute approximate surface area is 144 Å². The highest BCUT2D eigenvalue weighted by atomic mass is 16.2. The van der Waals surface area contributed by atoms with Crippen molar-refractivity contribution in [2.24, 2.45) is 12.0 Å². The van der Waals surface area contributed by atoms with Crippen molar-refractivity contribution in [3.8, 4) is 0 Å². The van der Waals surface area contributed by atoms with Gasteiger partial charge in [-0.2, -0.15) is 5.10 Å². The maximum atomic E-state index is 12.5. The maximum Gasteiger partial charge on any atom is 0.246 e. The molecule has 1 aliphatic rings. The van der Waals surface area contributed by atoms with Crippen molar-refractivity contribution in [1.29, 1.82) is 0 Å². The Balaban J connectivity index is 2.03. The molecule has 1 aromatic heterocycles. The van der Waals surface area contributed by atoms with Crippen LogP contribution >= 0.6 is 0 Å². The fraction of sp³-hybridized carbons (Fsp3) is 0.688. The molecule has 2 rings (SSSR count). The van der Waals surface area contributed by atoms with Crippen LogP contribution < -0.4 is 10.2 Å². The Bertz CT molecular complexity index is 581. The van der Waals surface area contributed by atoms with E-state index in [0.717, 1.165) is 24.7 Å². The molecule has 8 heteroatoms. The van der Waals surface area contributed by atoms with Crippen molar-refractivity contribution in [2.45, 2.75) is 19.9 Å². The zero-order valence-corrected chi connectivity index (χ0v) is 15.4. The van der Waals surface area contributed by atoms with Crippen molar-refractivity contribution < 1.29 is 4.79 Å². The number of amides is 1. The number of likely N-dealkylation sites (N-methyl/N-ethyl adjacent to an activating group) is 1. The average Bonchev–Trinajstić information content (AvgIpc) is 2.97. The average molecular weight is 335 g/mol. The summed E-state index contributed by atoms with van der Waals surface area (Å²) in [6, 6.07) is 0.353. The summed E-state index contributed by atoms with van der Waals surface area (Å²) in [5.41, 5.74) is 0.852. The minimum Gasteiger partial charge on any atom is -0.357 e. The number of piperazine rings is 1. The van der Waals surface area contributed by atoms with Crippen molar-refractivity contribution in [3.05, 3.63) is 12.4 Å². The molecule has 1 fully saturated rings. The number of anilines is 1. The van der Waals surface area contributed by atoms with Crippen LogP contribution in [0.25, 0.3) is 0 Å². The molecule has 0 aliphatic carbocycles. The number of carbonyl (C=O) groups is 1. The lowest BCUT2D eigenvalue weighted by Crippen LogP contribution is -2.55. The van der Waals surface area contributed by atoms with Crippen LogP contribution in [-0.4, -0.2) is 84.3 Å². The second kappa shape index (κ2) is 8.14. The summed E-state index contributed by atoms with van der Waals surface area (Å²) >= 11 is 0. The molecule has 0 saturated carbocycles. The minimum absolute atomic E-state index is 0.0699. The zero-order valence-electron chi connectivity index (χ0n) is 15.4. The molecule has 24 heavy (non-hydrogen) atoms. The van der Waals surface area contributed by atoms with E-state index >= 15 is 0 Å². The van der Waals surface area contributed by atoms with Gasteiger partial charge in [-0.25, -0.2) is 0 Å². The highest BCUT2D eigenvalue weighted by Crippen LogP contribution is 2.16. The van der Waals surface area contributed by atoms with Crippen molar-refractivity contribution in [1.82, 2.24) is 24.9 Å². The smallest absolute Gasteiger partial charge is 0.246 e. The molecule has 2 heterocycles. The van der Waals surface area contributed by atoms with Gasteiger partial charge in [0, 0.05) is 38.9 Å². The fourth-order valence-corrected chi connectivity index (χ4v) is 2.48. The van der Waals surface area contributed by atoms with Crippen LogP contribution in [0.3, 0.4) is 0 Å². The van der Waals surface area contributed by atoms with Crippen molar-refractivity contribution >= 4 is 17.6 Å². The predicted molar refractivity (Wildman–Crippen MR) is 96.3 cm³/mol. The Morgan fingerprint density at radius 3 is 2.75 bits per heavy atom. The van der Waals surface area contributed by atoms with E-state index in [-0.39, 0.29) is 5.91 Å². The van der Waals surface area contributed by atoms with Gasteiger partial charge in [0.2, 0.25) is 5.91 Å². The summed E-state index contributed by atoms with van der Waals surface area (Å²) < 4.78 is 1.71. The summed E-state index contributed by atoms with van der Waals surface area (Å²) in [6.07, 6.45) is 3.59. The molecule has 0 radical (unpaired) electrons. The molecular formula is C16H29N7O. The largest absolute Gasteiger partial charge is 0.357 e. The van der Waals surface area contributed by atoms with Crippen LogP contribution in [0.1, 0.15) is 13.8 Å². The van der Waals surface area contributed by atoms with Crippen LogP contribution in [0.4, 0.5) is 5.69 Å². The van der Waals surface area contributed by atoms with Gasteiger partial charge in [0.25, 0.3) is 0 Å². The van der Waals surface area contributed by atoms with E-state index in [9.17, 15) is 4.79 Å². The van der Waals surface area contributed by atoms with E-state index < -0.39 is 0 Å². The predicted octanol–water partition coefficient (Wildman–Crippen LogP) is -0.0157. The van der Waals surface area contributed by atoms with E-state index in [1.165, 1.54) is 0 Å². The number of aliphatic imine (C=N–C) groups is 1. The second-order valence-corrected chi connectivity index (χ2v) is 6.35. The third-order valence-electron chi connectivity index (χ3n) is 4.24. The van der Waals surface area contributed by atoms with E-state index in [1.807, 2.05) is 39.2 Å². The molecule has 1 amide bonds. The number of nitrogens with one attached hydrogen (secondary N) is 1. The Morgan fingerprint density at radius 1 is 1.46 bits per heavy atom. The van der Waals surface area contributed by atoms with Crippen LogP contribution in [0, 0.1) is 0 Å². The van der Waals surface area contributed by atoms with E-state index in [0.29, 0.717) is 25.7 Å². The van der Waals surface area contributed by atoms with Gasteiger partial charge >= 0.3 is 0 Å². The lowest BCUT2D eigenvalue weighted by atomic mass is 10.3. The molecule has 134 valence electrons. The summed E-state index contributed by atoms with van der Waals surface area (Å²) in [7, 11) is 5.94. The molecule has 8 nitrogen and oxygen atoms in total. The monoisotopic (exact) mass is 335 g/mol. The van der Waals surface area contributed by atoms with Gasteiger partial charge < -0.3 is 20.0 Å². The quantitative estimate of drug-likeness (QED) is 0.605. The topological polar surface area (TPSA) is 69.0 Å². The van der Waals surface area contributed by atoms with Gasteiger partial charge in [-0.05, 0) is 27.9 Å². The first-order valence-corrected chi connectivity index (χ1v) is 8.41. The molecule has 1 aromatic rings. The number of hydrogen-bond acceptors (Lipinski definition) is 4. The maximum absolute atomic E-state index is 12.5. The van der Waals surface area contributed by atoms with Gasteiger partial charge in [0.1, 0.15) is 6.54 Å². The van der Waals surface area contributed by atoms with Gasteiger partial charge in [0.05, 0.1) is 18.4 Å². The second-order valence-electron chi connectivity index (χ2n) is 6.35. The lowest BCUT2D eigenvalue weighted by molar-refractivity contribution is -0.120. The van der Waals surface area contributed by atoms with Gasteiger partial charge in [-0.1, -0.05) is 0 Å². The summed E-state index contributed by atoms with van der Waals surface area (Å²) in [5.74, 6) is 0.880. The number of guanidine groups is 1. The molecule has 1 N–H and O–H groups in total. The Kier molecular flexibility index (Phi) is 6.19. The molecular weight excluding hydrogens is 306 g/mol. The number of rotatable bonds is 5. The summed E-state index contributed by atoms with van der Waals surface area (Å²) in [4.78, 5) is 23.2. The molecule has 1 saturated heterocycles. The minimum atomic E-state index is 0.0699. The number of carbonyl (C=O) groups excluding carboxylic acids is 1. The van der Waals surface area contributed by atoms with E-state index in [4.69, 9.17) is 4.99 Å². The first kappa shape index (κ1) is 18.3. The van der Waals surface area contributed by atoms with Gasteiger partial charge in [0.15, 0.2) is 5.96 Å². The highest BCUT2D eigenvalue weighted by molar-refractivity contribution is 5.98. The first-order chi connectivity index (χ1) is 11.4. The fourth-order valence-electron chi connectivity index (χ4n) is 2.48. The van der Waals surface area contributed by atoms with Crippen LogP contribution in [-0.2, 0) is 11.8 Å². The summed E-state index contributed by atoms with van der Waals surface area (Å²) in [6.45, 7) is 7.38. The third kappa shape index (κ3) is 4.47. The molecule has 0 bridgehead atoms. The lowest BCUT2D eigenvalue weighted by Gasteiger charge is -2.35. The van der Waals surface area contributed by atoms with Crippen molar-refractivity contribution in [2.75, 3.05) is 51.7 Å². The molecule has 1 aliphatic heterocycles. The number of hydrogen-bond donors (Lipinski definition) is 1. The van der Waals surface area contributed by atoms with E-state index in [2.05, 4.69) is 22.2 Å². The van der Waals surface area contributed by atoms with Crippen molar-refractivity contribution in [3.63, 3.8) is 0 Å². The normalized spacial score (nSPS) is 17.6. The molecule has 1 unspecified atom stereocenters. The molecule has 1 atom stereocenters. The van der Waals surface area contributed by atoms with Crippen LogP contribution in [0.5, 0.6) is 0 Å². The van der Waals surface area contributed by atoms with E-state index in [1.54, 1.807) is 15.8 Å². The first-order valence-electron chi connectivity index (χ1n) is 8.41. The highest BCUT2D eigenvalue weighted by Gasteiger charge is 2.27. The summed E-state index contributed by atoms with van der Waals surface area (Å²) in [5, 5.41) is 7.44. The number of aromatic nitrogens is 2. The Morgan fingerprint density at radius 2 is 2.21 bits per heavy atom. The van der Waals surface area contributed by atoms with Crippen LogP contribution in [0.2, 0.25) is 0 Å². The zero-order chi connectivity index (χ0) is 17.7. The molecule has 0 spiro atoms. The van der Waals surface area contributed by atoms with Crippen LogP contribution in [0.15, 0.2) is 17.4 Å². The SMILES string of the molecule is CCNC(=NCC(C)N(C)C)N1CCN(c2cnn(C)c2)C(=O)C1.